The molecular weight excluding hydrogens is 348 g/mol. The molecule has 0 radical (unpaired) electrons. The third kappa shape index (κ3) is 4.22. The van der Waals surface area contributed by atoms with Crippen LogP contribution in [0.25, 0.3) is 5.69 Å². The Kier molecular flexibility index (Phi) is 5.78. The van der Waals surface area contributed by atoms with Gasteiger partial charge in [0, 0.05) is 28.9 Å². The van der Waals surface area contributed by atoms with E-state index in [9.17, 15) is 4.79 Å². The van der Waals surface area contributed by atoms with Gasteiger partial charge in [-0.2, -0.15) is 0 Å². The van der Waals surface area contributed by atoms with Crippen LogP contribution in [0.1, 0.15) is 45.4 Å². The van der Waals surface area contributed by atoms with Gasteiger partial charge < -0.3 is 9.30 Å². The van der Waals surface area contributed by atoms with Crippen molar-refractivity contribution < 1.29 is 9.53 Å². The van der Waals surface area contributed by atoms with Gasteiger partial charge in [-0.25, -0.2) is 4.79 Å². The fourth-order valence-electron chi connectivity index (χ4n) is 3.45. The monoisotopic (exact) mass is 374 g/mol. The molecule has 0 aliphatic carbocycles. The normalized spacial score (nSPS) is 11.2. The fourth-order valence-corrected chi connectivity index (χ4v) is 3.45. The number of ether oxygens (including phenoxy) is 1. The first-order valence-corrected chi connectivity index (χ1v) is 9.48. The van der Waals surface area contributed by atoms with E-state index in [1.54, 1.807) is 19.1 Å². The second-order valence-electron chi connectivity index (χ2n) is 7.03. The molecule has 0 aliphatic rings. The molecule has 0 saturated heterocycles. The molecule has 144 valence electrons. The van der Waals surface area contributed by atoms with Gasteiger partial charge in [-0.15, -0.1) is 0 Å². The SMILES string of the molecule is CCOC(=O)c1ccc(-n2c(C)cc(C=Nc3cc(C)cc(C)c3)c2C)cc1. The molecule has 0 atom stereocenters. The molecule has 0 aliphatic heterocycles. The lowest BCUT2D eigenvalue weighted by Crippen LogP contribution is -2.05. The number of benzene rings is 2. The molecule has 0 amide bonds. The van der Waals surface area contributed by atoms with Gasteiger partial charge in [0.2, 0.25) is 0 Å². The van der Waals surface area contributed by atoms with Crippen molar-refractivity contribution in [1.82, 2.24) is 4.57 Å². The summed E-state index contributed by atoms with van der Waals surface area (Å²) in [4.78, 5) is 16.5. The Morgan fingerprint density at radius 1 is 1.00 bits per heavy atom. The Hall–Kier alpha value is -3.14. The van der Waals surface area contributed by atoms with Gasteiger partial charge in [-0.1, -0.05) is 6.07 Å². The summed E-state index contributed by atoms with van der Waals surface area (Å²) >= 11 is 0. The Morgan fingerprint density at radius 2 is 1.64 bits per heavy atom. The summed E-state index contributed by atoms with van der Waals surface area (Å²) < 4.78 is 7.22. The highest BCUT2D eigenvalue weighted by atomic mass is 16.5. The molecule has 1 aromatic heterocycles. The summed E-state index contributed by atoms with van der Waals surface area (Å²) in [5.74, 6) is -0.295. The average molecular weight is 374 g/mol. The molecule has 3 rings (SSSR count). The fraction of sp³-hybridized carbons (Fsp3) is 0.250. The van der Waals surface area contributed by atoms with Crippen molar-refractivity contribution in [1.29, 1.82) is 0 Å². The largest absolute Gasteiger partial charge is 0.462 e. The minimum atomic E-state index is -0.295. The Morgan fingerprint density at radius 3 is 2.25 bits per heavy atom. The minimum absolute atomic E-state index is 0.295. The number of nitrogens with zero attached hydrogens (tertiary/aromatic N) is 2. The second-order valence-corrected chi connectivity index (χ2v) is 7.03. The van der Waals surface area contributed by atoms with E-state index in [0.29, 0.717) is 12.2 Å². The zero-order valence-electron chi connectivity index (χ0n) is 17.1. The van der Waals surface area contributed by atoms with Gasteiger partial charge in [0.1, 0.15) is 0 Å². The van der Waals surface area contributed by atoms with Crippen molar-refractivity contribution in [2.75, 3.05) is 6.61 Å². The maximum atomic E-state index is 11.9. The molecule has 3 aromatic rings. The van der Waals surface area contributed by atoms with E-state index in [0.717, 1.165) is 28.3 Å². The first-order valence-electron chi connectivity index (χ1n) is 9.48. The molecule has 28 heavy (non-hydrogen) atoms. The Labute approximate surface area is 166 Å². The van der Waals surface area contributed by atoms with Crippen LogP contribution >= 0.6 is 0 Å². The zero-order valence-corrected chi connectivity index (χ0v) is 17.1. The predicted octanol–water partition coefficient (Wildman–Crippen LogP) is 5.64. The van der Waals surface area contributed by atoms with E-state index in [1.165, 1.54) is 11.1 Å². The molecular formula is C24H26N2O2. The van der Waals surface area contributed by atoms with Gasteiger partial charge in [-0.3, -0.25) is 4.99 Å². The smallest absolute Gasteiger partial charge is 0.338 e. The number of carbonyl (C=O) groups is 1. The number of carbonyl (C=O) groups excluding carboxylic acids is 1. The Balaban J connectivity index is 1.89. The van der Waals surface area contributed by atoms with Crippen molar-refractivity contribution in [3.8, 4) is 5.69 Å². The number of aromatic nitrogens is 1. The topological polar surface area (TPSA) is 43.6 Å². The molecule has 0 bridgehead atoms. The second kappa shape index (κ2) is 8.26. The van der Waals surface area contributed by atoms with Crippen LogP contribution in [-0.4, -0.2) is 23.4 Å². The maximum absolute atomic E-state index is 11.9. The number of esters is 1. The van der Waals surface area contributed by atoms with E-state index in [1.807, 2.05) is 18.3 Å². The third-order valence-corrected chi connectivity index (χ3v) is 4.67. The van der Waals surface area contributed by atoms with Crippen LogP contribution in [0.15, 0.2) is 53.5 Å². The van der Waals surface area contributed by atoms with E-state index >= 15 is 0 Å². The first kappa shape index (κ1) is 19.6. The number of aryl methyl sites for hydroxylation is 3. The molecule has 0 N–H and O–H groups in total. The number of hydrogen-bond acceptors (Lipinski definition) is 3. The molecule has 4 nitrogen and oxygen atoms in total. The van der Waals surface area contributed by atoms with Gasteiger partial charge in [0.05, 0.1) is 17.9 Å². The molecule has 0 spiro atoms. The lowest BCUT2D eigenvalue weighted by molar-refractivity contribution is 0.0526. The maximum Gasteiger partial charge on any atom is 0.338 e. The highest BCUT2D eigenvalue weighted by molar-refractivity contribution is 5.89. The van der Waals surface area contributed by atoms with Crippen molar-refractivity contribution in [2.45, 2.75) is 34.6 Å². The van der Waals surface area contributed by atoms with Crippen molar-refractivity contribution in [3.05, 3.63) is 82.2 Å². The molecule has 1 heterocycles. The molecule has 2 aromatic carbocycles. The van der Waals surface area contributed by atoms with Gasteiger partial charge >= 0.3 is 5.97 Å². The standard InChI is InChI=1S/C24H26N2O2/c1-6-28-24(27)20-7-9-23(10-8-20)26-18(4)14-21(19(26)5)15-25-22-12-16(2)11-17(3)13-22/h7-15H,6H2,1-5H3. The van der Waals surface area contributed by atoms with Gasteiger partial charge in [-0.05, 0) is 88.2 Å². The van der Waals surface area contributed by atoms with Crippen LogP contribution in [0.4, 0.5) is 5.69 Å². The lowest BCUT2D eigenvalue weighted by atomic mass is 10.1. The summed E-state index contributed by atoms with van der Waals surface area (Å²) in [6.45, 7) is 10.5. The number of aliphatic imine (C=N–C) groups is 1. The zero-order chi connectivity index (χ0) is 20.3. The van der Waals surface area contributed by atoms with Crippen LogP contribution < -0.4 is 0 Å². The Bertz CT molecular complexity index is 1010. The van der Waals surface area contributed by atoms with Crippen LogP contribution in [0, 0.1) is 27.7 Å². The van der Waals surface area contributed by atoms with Crippen molar-refractivity contribution in [3.63, 3.8) is 0 Å². The van der Waals surface area contributed by atoms with E-state index < -0.39 is 0 Å². The van der Waals surface area contributed by atoms with Gasteiger partial charge in [0.15, 0.2) is 0 Å². The number of rotatable bonds is 5. The summed E-state index contributed by atoms with van der Waals surface area (Å²) in [5.41, 5.74) is 8.24. The van der Waals surface area contributed by atoms with Crippen molar-refractivity contribution in [2.24, 2.45) is 4.99 Å². The quantitative estimate of drug-likeness (QED) is 0.428. The van der Waals surface area contributed by atoms with Crippen LogP contribution in [0.3, 0.4) is 0 Å². The van der Waals surface area contributed by atoms with Crippen LogP contribution in [0.2, 0.25) is 0 Å². The molecule has 0 saturated carbocycles. The first-order chi connectivity index (χ1) is 13.4. The van der Waals surface area contributed by atoms with Crippen molar-refractivity contribution >= 4 is 17.9 Å². The molecule has 0 fully saturated rings. The van der Waals surface area contributed by atoms with E-state index in [-0.39, 0.29) is 5.97 Å². The summed E-state index contributed by atoms with van der Waals surface area (Å²) in [5, 5.41) is 0. The summed E-state index contributed by atoms with van der Waals surface area (Å²) in [6.07, 6.45) is 1.92. The van der Waals surface area contributed by atoms with Gasteiger partial charge in [0.25, 0.3) is 0 Å². The molecule has 4 heteroatoms. The molecule has 0 unspecified atom stereocenters. The predicted molar refractivity (Wildman–Crippen MR) is 114 cm³/mol. The summed E-state index contributed by atoms with van der Waals surface area (Å²) in [6, 6.07) is 15.9. The highest BCUT2D eigenvalue weighted by Crippen LogP contribution is 2.22. The highest BCUT2D eigenvalue weighted by Gasteiger charge is 2.11. The van der Waals surface area contributed by atoms with E-state index in [4.69, 9.17) is 4.74 Å². The minimum Gasteiger partial charge on any atom is -0.462 e. The summed E-state index contributed by atoms with van der Waals surface area (Å²) in [7, 11) is 0. The average Bonchev–Trinajstić information content (AvgIpc) is 2.93. The van der Waals surface area contributed by atoms with Crippen LogP contribution in [0.5, 0.6) is 0 Å². The third-order valence-electron chi connectivity index (χ3n) is 4.67. The van der Waals surface area contributed by atoms with E-state index in [2.05, 4.69) is 61.5 Å². The van der Waals surface area contributed by atoms with Crippen LogP contribution in [-0.2, 0) is 4.74 Å². The lowest BCUT2D eigenvalue weighted by Gasteiger charge is -2.10. The number of hydrogen-bond donors (Lipinski definition) is 0.